The van der Waals surface area contributed by atoms with Crippen molar-refractivity contribution in [2.24, 2.45) is 0 Å². The van der Waals surface area contributed by atoms with E-state index in [9.17, 15) is 0 Å². The van der Waals surface area contributed by atoms with Gasteiger partial charge in [-0.3, -0.25) is 0 Å². The van der Waals surface area contributed by atoms with Crippen LogP contribution in [0.15, 0.2) is 4.42 Å². The predicted molar refractivity (Wildman–Crippen MR) is 71.4 cm³/mol. The molecule has 0 bridgehead atoms. The fourth-order valence-corrected chi connectivity index (χ4v) is 1.41. The van der Waals surface area contributed by atoms with E-state index in [0.717, 1.165) is 26.2 Å². The normalized spacial score (nSPS) is 15.5. The Hall–Kier alpha value is -1.10. The van der Waals surface area contributed by atoms with Crippen LogP contribution >= 0.6 is 0 Å². The fraction of sp³-hybridized carbons (Fsp3) is 0.833. The minimum absolute atomic E-state index is 0.633. The van der Waals surface area contributed by atoms with Gasteiger partial charge in [-0.05, 0) is 7.05 Å². The van der Waals surface area contributed by atoms with Gasteiger partial charge >= 0.3 is 6.01 Å². The van der Waals surface area contributed by atoms with Gasteiger partial charge in [0.15, 0.2) is 0 Å². The molecule has 2 heterocycles. The molecule has 1 aliphatic heterocycles. The third-order valence-corrected chi connectivity index (χ3v) is 2.29. The van der Waals surface area contributed by atoms with Crippen molar-refractivity contribution in [3.63, 3.8) is 0 Å². The van der Waals surface area contributed by atoms with Crippen LogP contribution in [-0.4, -0.2) is 48.3 Å². The summed E-state index contributed by atoms with van der Waals surface area (Å²) in [5, 5.41) is 7.79. The Morgan fingerprint density at radius 1 is 0.941 bits per heavy atom. The van der Waals surface area contributed by atoms with Crippen molar-refractivity contribution in [2.75, 3.05) is 38.1 Å². The minimum Gasteiger partial charge on any atom is -0.408 e. The van der Waals surface area contributed by atoms with Gasteiger partial charge in [-0.2, -0.15) is 0 Å². The van der Waals surface area contributed by atoms with E-state index in [1.165, 1.54) is 0 Å². The average Bonchev–Trinajstić information content (AvgIpc) is 2.82. The maximum Gasteiger partial charge on any atom is 0.318 e. The van der Waals surface area contributed by atoms with E-state index in [-0.39, 0.29) is 0 Å². The summed E-state index contributed by atoms with van der Waals surface area (Å²) in [6.45, 7) is 13.9. The van der Waals surface area contributed by atoms with E-state index in [1.54, 1.807) is 0 Å². The van der Waals surface area contributed by atoms with Gasteiger partial charge in [0.25, 0.3) is 0 Å². The van der Waals surface area contributed by atoms with Crippen molar-refractivity contribution < 1.29 is 4.42 Å². The molecule has 1 aromatic rings. The second-order valence-electron chi connectivity index (χ2n) is 3.39. The quantitative estimate of drug-likeness (QED) is 0.755. The Morgan fingerprint density at radius 2 is 1.47 bits per heavy atom. The lowest BCUT2D eigenvalue weighted by atomic mass is 10.3. The summed E-state index contributed by atoms with van der Waals surface area (Å²) < 4.78 is 5.34. The number of piperazine rings is 1. The highest BCUT2D eigenvalue weighted by atomic mass is 16.4. The largest absolute Gasteiger partial charge is 0.408 e. The fourth-order valence-electron chi connectivity index (χ4n) is 1.41. The van der Waals surface area contributed by atoms with E-state index in [1.807, 2.05) is 34.6 Å². The van der Waals surface area contributed by atoms with Gasteiger partial charge in [-0.25, -0.2) is 0 Å². The van der Waals surface area contributed by atoms with Crippen molar-refractivity contribution in [3.8, 4) is 0 Å². The summed E-state index contributed by atoms with van der Waals surface area (Å²) in [6.07, 6.45) is 0. The molecule has 5 nitrogen and oxygen atoms in total. The van der Waals surface area contributed by atoms with Crippen LogP contribution in [0, 0.1) is 6.92 Å². The minimum atomic E-state index is 0.633. The number of hydrogen-bond donors (Lipinski definition) is 0. The van der Waals surface area contributed by atoms with Gasteiger partial charge in [-0.15, -0.1) is 5.10 Å². The first kappa shape index (κ1) is 15.9. The van der Waals surface area contributed by atoms with E-state index in [4.69, 9.17) is 4.42 Å². The van der Waals surface area contributed by atoms with E-state index in [0.29, 0.717) is 11.9 Å². The van der Waals surface area contributed by atoms with E-state index in [2.05, 4.69) is 27.0 Å². The van der Waals surface area contributed by atoms with Gasteiger partial charge in [-0.1, -0.05) is 32.8 Å². The molecule has 0 spiro atoms. The van der Waals surface area contributed by atoms with E-state index < -0.39 is 0 Å². The molecule has 100 valence electrons. The molecule has 2 rings (SSSR count). The molecule has 5 heteroatoms. The first-order valence-corrected chi connectivity index (χ1v) is 6.49. The summed E-state index contributed by atoms with van der Waals surface area (Å²) in [7, 11) is 2.12. The van der Waals surface area contributed by atoms with Crippen LogP contribution in [-0.2, 0) is 0 Å². The van der Waals surface area contributed by atoms with Crippen molar-refractivity contribution in [2.45, 2.75) is 34.6 Å². The second-order valence-corrected chi connectivity index (χ2v) is 3.39. The number of rotatable bonds is 1. The summed E-state index contributed by atoms with van der Waals surface area (Å²) in [5.74, 6) is 0.633. The molecule has 17 heavy (non-hydrogen) atoms. The smallest absolute Gasteiger partial charge is 0.318 e. The lowest BCUT2D eigenvalue weighted by Crippen LogP contribution is -2.44. The first-order chi connectivity index (χ1) is 8.25. The molecule has 0 saturated carbocycles. The Bertz CT molecular complexity index is 280. The highest BCUT2D eigenvalue weighted by Crippen LogP contribution is 2.13. The summed E-state index contributed by atoms with van der Waals surface area (Å²) in [6, 6.07) is 0.658. The maximum absolute atomic E-state index is 5.34. The van der Waals surface area contributed by atoms with Gasteiger partial charge in [0, 0.05) is 33.1 Å². The monoisotopic (exact) mass is 242 g/mol. The Balaban J connectivity index is 0.000000581. The number of likely N-dealkylation sites (N-methyl/N-ethyl adjacent to an activating group) is 1. The van der Waals surface area contributed by atoms with Gasteiger partial charge in [0.2, 0.25) is 5.89 Å². The molecule has 0 radical (unpaired) electrons. The highest BCUT2D eigenvalue weighted by Gasteiger charge is 2.18. The number of nitrogens with zero attached hydrogens (tertiary/aromatic N) is 4. The van der Waals surface area contributed by atoms with Crippen LogP contribution in [0.25, 0.3) is 0 Å². The van der Waals surface area contributed by atoms with Gasteiger partial charge in [0.1, 0.15) is 0 Å². The molecular formula is C12H26N4O. The lowest BCUT2D eigenvalue weighted by Gasteiger charge is -2.30. The highest BCUT2D eigenvalue weighted by molar-refractivity contribution is 5.24. The van der Waals surface area contributed by atoms with Crippen LogP contribution in [0.2, 0.25) is 0 Å². The number of aryl methyl sites for hydroxylation is 1. The standard InChI is InChI=1S/C8H14N4O.2C2H6/c1-7-9-10-8(13-7)12-5-3-11(2)4-6-12;2*1-2/h3-6H2,1-2H3;2*1-2H3. The molecular weight excluding hydrogens is 216 g/mol. The zero-order valence-electron chi connectivity index (χ0n) is 12.0. The van der Waals surface area contributed by atoms with Crippen molar-refractivity contribution in [1.82, 2.24) is 15.1 Å². The van der Waals surface area contributed by atoms with Crippen molar-refractivity contribution in [3.05, 3.63) is 5.89 Å². The first-order valence-electron chi connectivity index (χ1n) is 6.49. The molecule has 1 fully saturated rings. The topological polar surface area (TPSA) is 45.4 Å². The number of anilines is 1. The lowest BCUT2D eigenvalue weighted by molar-refractivity contribution is 0.304. The molecule has 1 aromatic heterocycles. The Kier molecular flexibility index (Phi) is 8.40. The summed E-state index contributed by atoms with van der Waals surface area (Å²) >= 11 is 0. The van der Waals surface area contributed by atoms with Crippen molar-refractivity contribution in [1.29, 1.82) is 0 Å². The van der Waals surface area contributed by atoms with Gasteiger partial charge in [0.05, 0.1) is 0 Å². The van der Waals surface area contributed by atoms with Gasteiger partial charge < -0.3 is 14.2 Å². The molecule has 0 atom stereocenters. The second kappa shape index (κ2) is 8.98. The van der Waals surface area contributed by atoms with Crippen LogP contribution in [0.5, 0.6) is 0 Å². The zero-order valence-corrected chi connectivity index (χ0v) is 12.0. The van der Waals surface area contributed by atoms with Crippen LogP contribution < -0.4 is 4.90 Å². The maximum atomic E-state index is 5.34. The van der Waals surface area contributed by atoms with Crippen LogP contribution in [0.1, 0.15) is 33.6 Å². The number of aromatic nitrogens is 2. The zero-order chi connectivity index (χ0) is 13.3. The Labute approximate surface area is 105 Å². The Morgan fingerprint density at radius 3 is 1.88 bits per heavy atom. The van der Waals surface area contributed by atoms with Crippen LogP contribution in [0.3, 0.4) is 0 Å². The molecule has 0 N–H and O–H groups in total. The molecule has 0 amide bonds. The SMILES string of the molecule is CC.CC.Cc1nnc(N2CCN(C)CC2)o1. The molecule has 0 unspecified atom stereocenters. The summed E-state index contributed by atoms with van der Waals surface area (Å²) in [4.78, 5) is 4.42. The summed E-state index contributed by atoms with van der Waals surface area (Å²) in [5.41, 5.74) is 0. The van der Waals surface area contributed by atoms with Crippen molar-refractivity contribution >= 4 is 6.01 Å². The predicted octanol–water partition coefficient (Wildman–Crippen LogP) is 2.18. The third kappa shape index (κ3) is 5.17. The molecule has 0 aromatic carbocycles. The third-order valence-electron chi connectivity index (χ3n) is 2.29. The molecule has 1 saturated heterocycles. The molecule has 1 aliphatic rings. The van der Waals surface area contributed by atoms with E-state index >= 15 is 0 Å². The van der Waals surface area contributed by atoms with Crippen LogP contribution in [0.4, 0.5) is 6.01 Å². The number of hydrogen-bond acceptors (Lipinski definition) is 5. The average molecular weight is 242 g/mol. The molecule has 0 aliphatic carbocycles.